The highest BCUT2D eigenvalue weighted by Gasteiger charge is 2.17. The molecule has 2 aromatic carbocycles. The molecule has 0 atom stereocenters. The van der Waals surface area contributed by atoms with E-state index in [1.54, 1.807) is 18.2 Å². The molecule has 210 valence electrons. The minimum Gasteiger partial charge on any atom is -0.296 e. The number of benzene rings is 2. The van der Waals surface area contributed by atoms with Crippen LogP contribution in [0.3, 0.4) is 0 Å². The van der Waals surface area contributed by atoms with Crippen LogP contribution >= 0.6 is 22.7 Å². The largest absolute Gasteiger partial charge is 0.296 e. The third kappa shape index (κ3) is 5.62. The van der Waals surface area contributed by atoms with Gasteiger partial charge in [-0.15, -0.1) is 22.7 Å². The molecule has 5 aromatic rings. The van der Waals surface area contributed by atoms with Gasteiger partial charge in [0.15, 0.2) is 10.3 Å². The van der Waals surface area contributed by atoms with Gasteiger partial charge in [0.25, 0.3) is 11.8 Å². The zero-order valence-electron chi connectivity index (χ0n) is 23.0. The van der Waals surface area contributed by atoms with Gasteiger partial charge >= 0.3 is 0 Å². The molecule has 2 aliphatic rings. The Bertz CT molecular complexity index is 1680. The molecule has 7 rings (SSSR count). The molecule has 0 fully saturated rings. The Hall–Kier alpha value is -4.21. The molecule has 2 N–H and O–H groups in total. The summed E-state index contributed by atoms with van der Waals surface area (Å²) in [5.74, 6) is -0.833. The van der Waals surface area contributed by atoms with Crippen molar-refractivity contribution in [2.45, 2.75) is 51.4 Å². The summed E-state index contributed by atoms with van der Waals surface area (Å²) >= 11 is 2.74. The van der Waals surface area contributed by atoms with Gasteiger partial charge in [-0.3, -0.25) is 20.2 Å². The molecule has 3 aromatic heterocycles. The first-order valence-corrected chi connectivity index (χ1v) is 16.1. The van der Waals surface area contributed by atoms with Crippen molar-refractivity contribution in [3.8, 4) is 22.5 Å². The molecule has 3 heterocycles. The van der Waals surface area contributed by atoms with Crippen molar-refractivity contribution in [3.63, 3.8) is 0 Å². The summed E-state index contributed by atoms with van der Waals surface area (Å²) in [5.41, 5.74) is 9.70. The maximum atomic E-state index is 13.0. The molecular formula is C33H29N5O2S2. The Kier molecular flexibility index (Phi) is 7.36. The lowest BCUT2D eigenvalue weighted by Gasteiger charge is -2.16. The summed E-state index contributed by atoms with van der Waals surface area (Å²) in [6, 6.07) is 17.9. The molecule has 0 radical (unpaired) electrons. The normalized spacial score (nSPS) is 14.1. The molecule has 2 aliphatic carbocycles. The van der Waals surface area contributed by atoms with Gasteiger partial charge in [-0.2, -0.15) is 0 Å². The molecule has 0 saturated carbocycles. The number of carbonyl (C=O) groups excluding carboxylic acids is 2. The monoisotopic (exact) mass is 591 g/mol. The van der Waals surface area contributed by atoms with Gasteiger partial charge in [0.1, 0.15) is 11.4 Å². The number of fused-ring (bicyclic) bond motifs is 2. The number of hydrogen-bond acceptors (Lipinski definition) is 7. The first-order valence-electron chi connectivity index (χ1n) is 14.3. The number of rotatable bonds is 6. The Morgan fingerprint density at radius 3 is 1.50 bits per heavy atom. The number of aryl methyl sites for hydroxylation is 4. The first-order chi connectivity index (χ1) is 20.6. The maximum Gasteiger partial charge on any atom is 0.276 e. The van der Waals surface area contributed by atoms with Crippen LogP contribution < -0.4 is 10.6 Å². The predicted molar refractivity (Wildman–Crippen MR) is 169 cm³/mol. The van der Waals surface area contributed by atoms with E-state index in [0.29, 0.717) is 10.3 Å². The van der Waals surface area contributed by atoms with E-state index >= 15 is 0 Å². The lowest BCUT2D eigenvalue weighted by molar-refractivity contribution is 0.101. The van der Waals surface area contributed by atoms with Gasteiger partial charge in [-0.1, -0.05) is 30.3 Å². The van der Waals surface area contributed by atoms with Crippen LogP contribution in [0.15, 0.2) is 65.4 Å². The summed E-state index contributed by atoms with van der Waals surface area (Å²) in [6.45, 7) is 0. The molecule has 0 saturated heterocycles. The van der Waals surface area contributed by atoms with Gasteiger partial charge in [-0.25, -0.2) is 15.0 Å². The summed E-state index contributed by atoms with van der Waals surface area (Å²) in [5, 5.41) is 10.5. The first kappa shape index (κ1) is 26.7. The van der Waals surface area contributed by atoms with E-state index in [4.69, 9.17) is 0 Å². The molecule has 42 heavy (non-hydrogen) atoms. The van der Waals surface area contributed by atoms with Gasteiger partial charge in [-0.05, 0) is 97.9 Å². The van der Waals surface area contributed by atoms with Crippen LogP contribution in [0.5, 0.6) is 0 Å². The highest BCUT2D eigenvalue weighted by Crippen LogP contribution is 2.31. The van der Waals surface area contributed by atoms with Crippen LogP contribution in [0.1, 0.15) is 68.9 Å². The van der Waals surface area contributed by atoms with Crippen LogP contribution in [0.4, 0.5) is 10.3 Å². The van der Waals surface area contributed by atoms with E-state index in [-0.39, 0.29) is 11.4 Å². The zero-order chi connectivity index (χ0) is 28.5. The number of amides is 2. The summed E-state index contributed by atoms with van der Waals surface area (Å²) in [4.78, 5) is 39.6. The molecule has 0 spiro atoms. The number of anilines is 2. The maximum absolute atomic E-state index is 13.0. The smallest absolute Gasteiger partial charge is 0.276 e. The van der Waals surface area contributed by atoms with Crippen molar-refractivity contribution in [3.05, 3.63) is 99.0 Å². The molecule has 0 bridgehead atoms. The van der Waals surface area contributed by atoms with E-state index in [0.717, 1.165) is 48.2 Å². The SMILES string of the molecule is O=C(Nc1nc(-c2ccc3c(c2)CCCC3)cs1)c1cccc(C(=O)Nc2nc(-c3ccc4c(c3)CCCC4)cs2)n1. The molecule has 0 aliphatic heterocycles. The van der Waals surface area contributed by atoms with Gasteiger partial charge < -0.3 is 0 Å². The van der Waals surface area contributed by atoms with Crippen molar-refractivity contribution in [2.24, 2.45) is 0 Å². The van der Waals surface area contributed by atoms with Crippen molar-refractivity contribution < 1.29 is 9.59 Å². The number of carbonyl (C=O) groups is 2. The number of aromatic nitrogens is 3. The fourth-order valence-corrected chi connectivity index (χ4v) is 7.15. The molecule has 0 unspecified atom stereocenters. The number of nitrogens with zero attached hydrogens (tertiary/aromatic N) is 3. The van der Waals surface area contributed by atoms with Crippen molar-refractivity contribution >= 4 is 44.8 Å². The summed E-state index contributed by atoms with van der Waals surface area (Å²) in [7, 11) is 0. The second-order valence-electron chi connectivity index (χ2n) is 10.8. The Balaban J connectivity index is 1.01. The lowest BCUT2D eigenvalue weighted by Crippen LogP contribution is -2.18. The van der Waals surface area contributed by atoms with Gasteiger partial charge in [0.05, 0.1) is 11.4 Å². The Labute approximate surface area is 252 Å². The molecular weight excluding hydrogens is 563 g/mol. The molecule has 9 heteroatoms. The van der Waals surface area contributed by atoms with Crippen LogP contribution in [-0.2, 0) is 25.7 Å². The van der Waals surface area contributed by atoms with Crippen molar-refractivity contribution in [1.82, 2.24) is 15.0 Å². The van der Waals surface area contributed by atoms with E-state index in [2.05, 4.69) is 62.0 Å². The zero-order valence-corrected chi connectivity index (χ0v) is 24.6. The van der Waals surface area contributed by atoms with E-state index in [9.17, 15) is 9.59 Å². The van der Waals surface area contributed by atoms with E-state index < -0.39 is 11.8 Å². The highest BCUT2D eigenvalue weighted by atomic mass is 32.1. The quantitative estimate of drug-likeness (QED) is 0.212. The summed E-state index contributed by atoms with van der Waals surface area (Å²) < 4.78 is 0. The van der Waals surface area contributed by atoms with Crippen LogP contribution in [0.25, 0.3) is 22.5 Å². The van der Waals surface area contributed by atoms with Gasteiger partial charge in [0, 0.05) is 21.9 Å². The lowest BCUT2D eigenvalue weighted by atomic mass is 9.90. The number of thiazole rings is 2. The second-order valence-corrected chi connectivity index (χ2v) is 12.5. The predicted octanol–water partition coefficient (Wildman–Crippen LogP) is 7.59. The topological polar surface area (TPSA) is 96.9 Å². The number of hydrogen-bond donors (Lipinski definition) is 2. The average Bonchev–Trinajstić information content (AvgIpc) is 3.70. The Morgan fingerprint density at radius 1 is 0.571 bits per heavy atom. The number of nitrogens with one attached hydrogen (secondary N) is 2. The van der Waals surface area contributed by atoms with Gasteiger partial charge in [0.2, 0.25) is 0 Å². The van der Waals surface area contributed by atoms with Crippen LogP contribution in [-0.4, -0.2) is 26.8 Å². The third-order valence-corrected chi connectivity index (χ3v) is 9.47. The average molecular weight is 592 g/mol. The standard InChI is InChI=1S/C33H29N5O2S2/c39-30(37-32-35-28(18-41-32)24-14-12-20-6-1-3-8-22(20)16-24)26-10-5-11-27(34-26)31(40)38-33-36-29(19-42-33)25-15-13-21-7-2-4-9-23(21)17-25/h5,10-19H,1-4,6-9H2,(H,35,37,39)(H,36,38,40). The highest BCUT2D eigenvalue weighted by molar-refractivity contribution is 7.14. The summed E-state index contributed by atoms with van der Waals surface area (Å²) in [6.07, 6.45) is 9.42. The molecule has 2 amide bonds. The fraction of sp³-hybridized carbons (Fsp3) is 0.242. The van der Waals surface area contributed by atoms with Crippen molar-refractivity contribution in [2.75, 3.05) is 10.6 Å². The van der Waals surface area contributed by atoms with Crippen LogP contribution in [0.2, 0.25) is 0 Å². The van der Waals surface area contributed by atoms with Crippen molar-refractivity contribution in [1.29, 1.82) is 0 Å². The van der Waals surface area contributed by atoms with Crippen LogP contribution in [0, 0.1) is 0 Å². The Morgan fingerprint density at radius 2 is 1.02 bits per heavy atom. The third-order valence-electron chi connectivity index (χ3n) is 7.95. The fourth-order valence-electron chi connectivity index (χ4n) is 5.72. The van der Waals surface area contributed by atoms with E-state index in [1.807, 2.05) is 10.8 Å². The second kappa shape index (κ2) is 11.6. The van der Waals surface area contributed by atoms with E-state index in [1.165, 1.54) is 70.6 Å². The minimum atomic E-state index is -0.417. The minimum absolute atomic E-state index is 0.141. The molecule has 7 nitrogen and oxygen atoms in total. The number of pyridine rings is 1.